The van der Waals surface area contributed by atoms with Gasteiger partial charge in [-0.25, -0.2) is 0 Å². The summed E-state index contributed by atoms with van der Waals surface area (Å²) in [6, 6.07) is 24.4. The number of rotatable bonds is 8. The van der Waals surface area contributed by atoms with Crippen LogP contribution in [0.2, 0.25) is 0 Å². The van der Waals surface area contributed by atoms with Crippen molar-refractivity contribution in [3.63, 3.8) is 0 Å². The number of hydrogen-bond acceptors (Lipinski definition) is 3. The van der Waals surface area contributed by atoms with Gasteiger partial charge in [-0.15, -0.1) is 0 Å². The molecule has 5 heteroatoms. The SMILES string of the molecule is CCN(CC)C(CNC(=O)C1CCN(C(=O)c2cccc3ccccc23)CC1)c1ccccc1. The van der Waals surface area contributed by atoms with Crippen molar-refractivity contribution >= 4 is 22.6 Å². The Morgan fingerprint density at radius 2 is 1.56 bits per heavy atom. The number of benzene rings is 3. The van der Waals surface area contributed by atoms with Gasteiger partial charge >= 0.3 is 0 Å². The molecule has 1 atom stereocenters. The zero-order valence-electron chi connectivity index (χ0n) is 20.2. The Kier molecular flexibility index (Phi) is 7.96. The molecular weight excluding hydrogens is 422 g/mol. The third-order valence-corrected chi connectivity index (χ3v) is 7.08. The molecule has 0 aliphatic carbocycles. The van der Waals surface area contributed by atoms with Crippen LogP contribution in [-0.4, -0.2) is 54.3 Å². The molecule has 2 amide bonds. The zero-order chi connectivity index (χ0) is 23.9. The normalized spacial score (nSPS) is 15.4. The molecule has 0 spiro atoms. The monoisotopic (exact) mass is 457 g/mol. The third-order valence-electron chi connectivity index (χ3n) is 7.08. The van der Waals surface area contributed by atoms with Gasteiger partial charge in [0.2, 0.25) is 5.91 Å². The largest absolute Gasteiger partial charge is 0.354 e. The maximum Gasteiger partial charge on any atom is 0.254 e. The van der Waals surface area contributed by atoms with E-state index in [1.54, 1.807) is 0 Å². The van der Waals surface area contributed by atoms with Gasteiger partial charge in [0.15, 0.2) is 0 Å². The van der Waals surface area contributed by atoms with Gasteiger partial charge in [-0.05, 0) is 48.3 Å². The van der Waals surface area contributed by atoms with Crippen LogP contribution in [-0.2, 0) is 4.79 Å². The minimum atomic E-state index is -0.0512. The van der Waals surface area contributed by atoms with E-state index in [0.29, 0.717) is 32.5 Å². The molecule has 1 aliphatic heterocycles. The van der Waals surface area contributed by atoms with Crippen molar-refractivity contribution in [3.05, 3.63) is 83.9 Å². The van der Waals surface area contributed by atoms with E-state index in [1.165, 1.54) is 5.56 Å². The summed E-state index contributed by atoms with van der Waals surface area (Å²) < 4.78 is 0. The molecule has 34 heavy (non-hydrogen) atoms. The molecule has 178 valence electrons. The Balaban J connectivity index is 1.35. The van der Waals surface area contributed by atoms with Crippen molar-refractivity contribution in [1.29, 1.82) is 0 Å². The fourth-order valence-electron chi connectivity index (χ4n) is 5.07. The number of hydrogen-bond donors (Lipinski definition) is 1. The minimum Gasteiger partial charge on any atom is -0.354 e. The average molecular weight is 458 g/mol. The standard InChI is InChI=1S/C29H35N3O2/c1-3-31(4-2)27(23-12-6-5-7-13-23)21-30-28(33)24-17-19-32(20-18-24)29(34)26-16-10-14-22-11-8-9-15-25(22)26/h5-16,24,27H,3-4,17-21H2,1-2H3,(H,30,33). The lowest BCUT2D eigenvalue weighted by Crippen LogP contribution is -2.45. The molecule has 1 unspecified atom stereocenters. The number of likely N-dealkylation sites (N-methyl/N-ethyl adjacent to an activating group) is 1. The van der Waals surface area contributed by atoms with Gasteiger partial charge < -0.3 is 10.2 Å². The first-order valence-corrected chi connectivity index (χ1v) is 12.5. The molecule has 5 nitrogen and oxygen atoms in total. The molecule has 4 rings (SSSR count). The summed E-state index contributed by atoms with van der Waals surface area (Å²) in [5.41, 5.74) is 1.97. The summed E-state index contributed by atoms with van der Waals surface area (Å²) in [5, 5.41) is 5.27. The molecule has 1 heterocycles. The van der Waals surface area contributed by atoms with Crippen LogP contribution in [0.1, 0.15) is 48.7 Å². The number of nitrogens with zero attached hydrogens (tertiary/aromatic N) is 2. The first-order valence-electron chi connectivity index (χ1n) is 12.5. The van der Waals surface area contributed by atoms with E-state index in [2.05, 4.69) is 48.3 Å². The second-order valence-electron chi connectivity index (χ2n) is 8.99. The lowest BCUT2D eigenvalue weighted by molar-refractivity contribution is -0.126. The van der Waals surface area contributed by atoms with Crippen LogP contribution in [0.5, 0.6) is 0 Å². The topological polar surface area (TPSA) is 52.7 Å². The van der Waals surface area contributed by atoms with Crippen LogP contribution < -0.4 is 5.32 Å². The van der Waals surface area contributed by atoms with E-state index in [0.717, 1.165) is 29.4 Å². The Labute approximate surface area is 202 Å². The van der Waals surface area contributed by atoms with Gasteiger partial charge in [-0.3, -0.25) is 14.5 Å². The number of likely N-dealkylation sites (tertiary alicyclic amines) is 1. The van der Waals surface area contributed by atoms with E-state index >= 15 is 0 Å². The molecule has 0 radical (unpaired) electrons. The van der Waals surface area contributed by atoms with Gasteiger partial charge in [0, 0.05) is 31.1 Å². The molecular formula is C29H35N3O2. The average Bonchev–Trinajstić information content (AvgIpc) is 2.90. The van der Waals surface area contributed by atoms with Crippen molar-refractivity contribution in [2.45, 2.75) is 32.7 Å². The van der Waals surface area contributed by atoms with E-state index < -0.39 is 0 Å². The molecule has 0 saturated carbocycles. The van der Waals surface area contributed by atoms with Gasteiger partial charge in [0.25, 0.3) is 5.91 Å². The van der Waals surface area contributed by atoms with Crippen LogP contribution in [0.25, 0.3) is 10.8 Å². The highest BCUT2D eigenvalue weighted by Crippen LogP contribution is 2.24. The first-order chi connectivity index (χ1) is 16.6. The van der Waals surface area contributed by atoms with Crippen molar-refractivity contribution in [1.82, 2.24) is 15.1 Å². The number of carbonyl (C=O) groups excluding carboxylic acids is 2. The molecule has 1 saturated heterocycles. The van der Waals surface area contributed by atoms with E-state index in [4.69, 9.17) is 0 Å². The highest BCUT2D eigenvalue weighted by atomic mass is 16.2. The van der Waals surface area contributed by atoms with E-state index in [-0.39, 0.29) is 23.8 Å². The maximum atomic E-state index is 13.2. The van der Waals surface area contributed by atoms with Gasteiger partial charge in [-0.2, -0.15) is 0 Å². The van der Waals surface area contributed by atoms with Crippen LogP contribution in [0.4, 0.5) is 0 Å². The Morgan fingerprint density at radius 1 is 0.912 bits per heavy atom. The van der Waals surface area contributed by atoms with E-state index in [1.807, 2.05) is 53.4 Å². The summed E-state index contributed by atoms with van der Waals surface area (Å²) in [6.45, 7) is 7.99. The highest BCUT2D eigenvalue weighted by Gasteiger charge is 2.29. The maximum absolute atomic E-state index is 13.2. The first kappa shape index (κ1) is 24.0. The summed E-state index contributed by atoms with van der Waals surface area (Å²) in [4.78, 5) is 30.5. The molecule has 1 aliphatic rings. The quantitative estimate of drug-likeness (QED) is 0.524. The second-order valence-corrected chi connectivity index (χ2v) is 8.99. The molecule has 1 N–H and O–H groups in total. The lowest BCUT2D eigenvalue weighted by atomic mass is 9.94. The molecule has 1 fully saturated rings. The Morgan fingerprint density at radius 3 is 2.26 bits per heavy atom. The van der Waals surface area contributed by atoms with Gasteiger partial charge in [-0.1, -0.05) is 80.6 Å². The summed E-state index contributed by atoms with van der Waals surface area (Å²) in [7, 11) is 0. The van der Waals surface area contributed by atoms with Crippen molar-refractivity contribution in [2.75, 3.05) is 32.7 Å². The second kappa shape index (κ2) is 11.3. The predicted octanol–water partition coefficient (Wildman–Crippen LogP) is 4.89. The summed E-state index contributed by atoms with van der Waals surface area (Å²) >= 11 is 0. The fraction of sp³-hybridized carbons (Fsp3) is 0.379. The Bertz CT molecular complexity index is 1100. The zero-order valence-corrected chi connectivity index (χ0v) is 20.2. The number of nitrogens with one attached hydrogen (secondary N) is 1. The minimum absolute atomic E-state index is 0.0512. The number of fused-ring (bicyclic) bond motifs is 1. The van der Waals surface area contributed by atoms with Gasteiger partial charge in [0.05, 0.1) is 6.04 Å². The number of carbonyl (C=O) groups is 2. The summed E-state index contributed by atoms with van der Waals surface area (Å²) in [5.74, 6) is 0.108. The highest BCUT2D eigenvalue weighted by molar-refractivity contribution is 6.07. The molecule has 0 aromatic heterocycles. The molecule has 3 aromatic rings. The van der Waals surface area contributed by atoms with Crippen molar-refractivity contribution < 1.29 is 9.59 Å². The van der Waals surface area contributed by atoms with Crippen LogP contribution in [0.3, 0.4) is 0 Å². The van der Waals surface area contributed by atoms with Crippen LogP contribution >= 0.6 is 0 Å². The van der Waals surface area contributed by atoms with Crippen LogP contribution in [0.15, 0.2) is 72.8 Å². The Hall–Kier alpha value is -3.18. The molecule has 0 bridgehead atoms. The lowest BCUT2D eigenvalue weighted by Gasteiger charge is -2.33. The van der Waals surface area contributed by atoms with E-state index in [9.17, 15) is 9.59 Å². The fourth-order valence-corrected chi connectivity index (χ4v) is 5.07. The van der Waals surface area contributed by atoms with Crippen molar-refractivity contribution in [3.8, 4) is 0 Å². The predicted molar refractivity (Wildman–Crippen MR) is 138 cm³/mol. The van der Waals surface area contributed by atoms with Crippen LogP contribution in [0, 0.1) is 5.92 Å². The third kappa shape index (κ3) is 5.31. The summed E-state index contributed by atoms with van der Waals surface area (Å²) in [6.07, 6.45) is 1.40. The van der Waals surface area contributed by atoms with Crippen molar-refractivity contribution in [2.24, 2.45) is 5.92 Å². The number of piperidine rings is 1. The molecule has 3 aromatic carbocycles. The smallest absolute Gasteiger partial charge is 0.254 e. The van der Waals surface area contributed by atoms with Gasteiger partial charge in [0.1, 0.15) is 0 Å². The number of amides is 2.